The Morgan fingerprint density at radius 2 is 1.92 bits per heavy atom. The summed E-state index contributed by atoms with van der Waals surface area (Å²) in [5.74, 6) is -2.61. The first-order valence-electron chi connectivity index (χ1n) is 3.35. The third kappa shape index (κ3) is 0.851. The van der Waals surface area contributed by atoms with Crippen LogP contribution in [0.4, 0.5) is 0 Å². The van der Waals surface area contributed by atoms with Crippen molar-refractivity contribution in [2.75, 3.05) is 0 Å². The van der Waals surface area contributed by atoms with Crippen LogP contribution in [0.2, 0.25) is 0 Å². The first-order chi connectivity index (χ1) is 6.11. The van der Waals surface area contributed by atoms with E-state index >= 15 is 0 Å². The molecule has 0 bridgehead atoms. The average molecular weight is 183 g/mol. The Labute approximate surface area is 70.9 Å². The normalized spacial score (nSPS) is 10.8. The van der Waals surface area contributed by atoms with Crippen LogP contribution in [0.3, 0.4) is 0 Å². The van der Waals surface area contributed by atoms with Gasteiger partial charge in [-0.15, -0.1) is 0 Å². The third-order valence-corrected chi connectivity index (χ3v) is 1.69. The topological polar surface area (TPSA) is 95.3 Å². The molecule has 0 aliphatic carbocycles. The van der Waals surface area contributed by atoms with Gasteiger partial charge in [-0.05, 0) is 0 Å². The van der Waals surface area contributed by atoms with Gasteiger partial charge in [-0.25, -0.2) is 9.20 Å². The van der Waals surface area contributed by atoms with Crippen molar-refractivity contribution in [1.29, 1.82) is 0 Å². The zero-order chi connectivity index (χ0) is 9.59. The number of fused-ring (bicyclic) bond motifs is 1. The van der Waals surface area contributed by atoms with Gasteiger partial charge in [0, 0.05) is 0 Å². The highest BCUT2D eigenvalue weighted by Gasteiger charge is 2.13. The minimum atomic E-state index is -0.749. The van der Waals surface area contributed by atoms with E-state index in [4.69, 9.17) is 10.2 Å². The van der Waals surface area contributed by atoms with Crippen LogP contribution in [0.5, 0.6) is 17.2 Å². The molecule has 0 unspecified atom stereocenters. The van der Waals surface area contributed by atoms with Gasteiger partial charge in [0.05, 0.1) is 6.20 Å². The van der Waals surface area contributed by atoms with Gasteiger partial charge < -0.3 is 19.7 Å². The summed E-state index contributed by atoms with van der Waals surface area (Å²) >= 11 is 0. The lowest BCUT2D eigenvalue weighted by atomic mass is 10.3. The zero-order valence-electron chi connectivity index (χ0n) is 6.26. The minimum absolute atomic E-state index is 0.000278. The van der Waals surface area contributed by atoms with Crippen LogP contribution in [0.25, 0.3) is 5.52 Å². The Morgan fingerprint density at radius 1 is 1.23 bits per heavy atom. The van der Waals surface area contributed by atoms with Gasteiger partial charge in [0.25, 0.3) is 0 Å². The maximum absolute atomic E-state index is 10.9. The van der Waals surface area contributed by atoms with Crippen LogP contribution in [-0.2, 0) is 0 Å². The molecule has 0 fully saturated rings. The fourth-order valence-corrected chi connectivity index (χ4v) is 1.04. The molecule has 6 heteroatoms. The van der Waals surface area contributed by atoms with Gasteiger partial charge in [0.2, 0.25) is 5.75 Å². The largest absolute Gasteiger partial charge is 0.503 e. The molecule has 0 aliphatic rings. The zero-order valence-corrected chi connectivity index (χ0v) is 6.26. The SMILES string of the molecule is O=c1occ2c(O)c(O)c(O)cn12. The Morgan fingerprint density at radius 3 is 2.62 bits per heavy atom. The fourth-order valence-electron chi connectivity index (χ4n) is 1.04. The predicted molar refractivity (Wildman–Crippen MR) is 40.9 cm³/mol. The Hall–Kier alpha value is -2.11. The predicted octanol–water partition coefficient (Wildman–Crippen LogP) is 0.00930. The van der Waals surface area contributed by atoms with Crippen LogP contribution < -0.4 is 5.76 Å². The first kappa shape index (κ1) is 7.53. The van der Waals surface area contributed by atoms with Gasteiger partial charge in [-0.1, -0.05) is 0 Å². The molecule has 3 N–H and O–H groups in total. The van der Waals surface area contributed by atoms with Crippen LogP contribution in [0.1, 0.15) is 0 Å². The quantitative estimate of drug-likeness (QED) is 0.534. The van der Waals surface area contributed by atoms with Gasteiger partial charge in [-0.2, -0.15) is 0 Å². The molecule has 0 radical (unpaired) electrons. The molecule has 0 saturated carbocycles. The second kappa shape index (κ2) is 2.19. The van der Waals surface area contributed by atoms with Crippen molar-refractivity contribution < 1.29 is 19.7 Å². The van der Waals surface area contributed by atoms with E-state index in [9.17, 15) is 9.90 Å². The maximum atomic E-state index is 10.9. The number of aromatic nitrogens is 1. The molecule has 0 saturated heterocycles. The molecule has 6 nitrogen and oxygen atoms in total. The van der Waals surface area contributed by atoms with E-state index in [0.29, 0.717) is 0 Å². The van der Waals surface area contributed by atoms with Crippen molar-refractivity contribution in [2.24, 2.45) is 0 Å². The molecule has 2 heterocycles. The molecule has 0 aliphatic heterocycles. The lowest BCUT2D eigenvalue weighted by Gasteiger charge is -2.00. The Bertz CT molecular complexity index is 523. The van der Waals surface area contributed by atoms with Crippen molar-refractivity contribution in [1.82, 2.24) is 4.40 Å². The van der Waals surface area contributed by atoms with Crippen LogP contribution in [0.15, 0.2) is 21.7 Å². The van der Waals surface area contributed by atoms with Crippen molar-refractivity contribution in [3.8, 4) is 17.2 Å². The molecule has 0 atom stereocenters. The second-order valence-corrected chi connectivity index (χ2v) is 2.47. The second-order valence-electron chi connectivity index (χ2n) is 2.47. The smallest absolute Gasteiger partial charge is 0.423 e. The highest BCUT2D eigenvalue weighted by atomic mass is 16.4. The molecule has 13 heavy (non-hydrogen) atoms. The van der Waals surface area contributed by atoms with E-state index in [1.165, 1.54) is 0 Å². The molecule has 68 valence electrons. The number of rotatable bonds is 0. The Balaban J connectivity index is 3.04. The summed E-state index contributed by atoms with van der Waals surface area (Å²) < 4.78 is 5.31. The number of pyridine rings is 1. The standard InChI is InChI=1S/C7H5NO5/c9-4-1-8-3(2-13-7(8)12)5(10)6(4)11/h1-2,9-11H. The summed E-state index contributed by atoms with van der Waals surface area (Å²) in [6.07, 6.45) is 1.94. The summed E-state index contributed by atoms with van der Waals surface area (Å²) in [4.78, 5) is 10.9. The maximum Gasteiger partial charge on any atom is 0.423 e. The van der Waals surface area contributed by atoms with E-state index in [0.717, 1.165) is 16.9 Å². The number of hydrogen-bond acceptors (Lipinski definition) is 5. The number of nitrogens with zero attached hydrogens (tertiary/aromatic N) is 1. The number of aromatic hydroxyl groups is 3. The monoisotopic (exact) mass is 183 g/mol. The van der Waals surface area contributed by atoms with E-state index in [2.05, 4.69) is 4.42 Å². The van der Waals surface area contributed by atoms with Gasteiger partial charge in [0.1, 0.15) is 11.8 Å². The summed E-state index contributed by atoms with van der Waals surface area (Å²) in [5, 5.41) is 27.3. The number of hydrogen-bond donors (Lipinski definition) is 3. The van der Waals surface area contributed by atoms with Gasteiger partial charge in [-0.3, -0.25) is 0 Å². The van der Waals surface area contributed by atoms with Crippen LogP contribution in [0, 0.1) is 0 Å². The third-order valence-electron chi connectivity index (χ3n) is 1.69. The van der Waals surface area contributed by atoms with E-state index in [1.807, 2.05) is 0 Å². The molecule has 0 spiro atoms. The lowest BCUT2D eigenvalue weighted by Crippen LogP contribution is -2.04. The van der Waals surface area contributed by atoms with Crippen LogP contribution >= 0.6 is 0 Å². The lowest BCUT2D eigenvalue weighted by molar-refractivity contribution is 0.367. The molecule has 2 aromatic heterocycles. The molecular formula is C7H5NO5. The molecule has 2 aromatic rings. The summed E-state index contributed by atoms with van der Waals surface area (Å²) in [6, 6.07) is 0. The van der Waals surface area contributed by atoms with E-state index in [-0.39, 0.29) is 5.52 Å². The molecular weight excluding hydrogens is 178 g/mol. The average Bonchev–Trinajstić information content (AvgIpc) is 2.45. The first-order valence-corrected chi connectivity index (χ1v) is 3.35. The molecule has 2 rings (SSSR count). The number of oxazole rings is 1. The Kier molecular flexibility index (Phi) is 1.27. The minimum Gasteiger partial charge on any atom is -0.503 e. The van der Waals surface area contributed by atoms with Gasteiger partial charge in [0.15, 0.2) is 11.5 Å². The summed E-state index contributed by atoms with van der Waals surface area (Å²) in [5.41, 5.74) is 0.000278. The van der Waals surface area contributed by atoms with Crippen molar-refractivity contribution in [2.45, 2.75) is 0 Å². The van der Waals surface area contributed by atoms with E-state index in [1.54, 1.807) is 0 Å². The van der Waals surface area contributed by atoms with E-state index < -0.39 is 23.0 Å². The van der Waals surface area contributed by atoms with Crippen molar-refractivity contribution in [3.05, 3.63) is 23.0 Å². The molecule has 0 amide bonds. The van der Waals surface area contributed by atoms with Crippen molar-refractivity contribution in [3.63, 3.8) is 0 Å². The summed E-state index contributed by atoms with van der Waals surface area (Å²) in [6.45, 7) is 0. The van der Waals surface area contributed by atoms with Gasteiger partial charge >= 0.3 is 5.76 Å². The fraction of sp³-hybridized carbons (Fsp3) is 0. The highest BCUT2D eigenvalue weighted by Crippen LogP contribution is 2.36. The van der Waals surface area contributed by atoms with Crippen molar-refractivity contribution >= 4 is 5.52 Å². The van der Waals surface area contributed by atoms with Crippen LogP contribution in [-0.4, -0.2) is 19.7 Å². The highest BCUT2D eigenvalue weighted by molar-refractivity contribution is 5.66. The molecule has 0 aromatic carbocycles. The summed E-state index contributed by atoms with van der Waals surface area (Å²) in [7, 11) is 0.